The van der Waals surface area contributed by atoms with E-state index >= 15 is 0 Å². The minimum atomic E-state index is -0.907. The lowest BCUT2D eigenvalue weighted by Gasteiger charge is -2.14. The van der Waals surface area contributed by atoms with E-state index in [1.54, 1.807) is 11.5 Å². The van der Waals surface area contributed by atoms with Crippen LogP contribution in [0.2, 0.25) is 5.28 Å². The molecule has 1 N–H and O–H groups in total. The predicted molar refractivity (Wildman–Crippen MR) is 53.5 cm³/mol. The van der Waals surface area contributed by atoms with Crippen LogP contribution >= 0.6 is 11.6 Å². The normalized spacial score (nSPS) is 12.1. The standard InChI is InChI=1S/C9H10ClN3O2/c1-6(4-8(14)15)13-7(2-3-11)5-12-9(13)10/h5-6H,2,4H2,1H3,(H,14,15). The summed E-state index contributed by atoms with van der Waals surface area (Å²) in [5.74, 6) is -0.907. The van der Waals surface area contributed by atoms with Gasteiger partial charge in [0.05, 0.1) is 30.8 Å². The van der Waals surface area contributed by atoms with Crippen molar-refractivity contribution in [1.29, 1.82) is 5.26 Å². The van der Waals surface area contributed by atoms with Crippen LogP contribution in [0.4, 0.5) is 0 Å². The molecule has 0 aliphatic heterocycles. The van der Waals surface area contributed by atoms with Crippen LogP contribution in [0.25, 0.3) is 0 Å². The molecule has 0 radical (unpaired) electrons. The Bertz CT molecular complexity index is 408. The van der Waals surface area contributed by atoms with Gasteiger partial charge >= 0.3 is 5.97 Å². The zero-order valence-electron chi connectivity index (χ0n) is 8.14. The summed E-state index contributed by atoms with van der Waals surface area (Å²) in [6, 6.07) is 1.67. The second-order valence-corrected chi connectivity index (χ2v) is 3.51. The first kappa shape index (κ1) is 11.5. The van der Waals surface area contributed by atoms with E-state index in [0.717, 1.165) is 0 Å². The van der Waals surface area contributed by atoms with Crippen molar-refractivity contribution in [2.24, 2.45) is 0 Å². The lowest BCUT2D eigenvalue weighted by atomic mass is 10.2. The number of aliphatic carboxylic acids is 1. The molecule has 6 heteroatoms. The van der Waals surface area contributed by atoms with Crippen LogP contribution in [-0.4, -0.2) is 20.6 Å². The van der Waals surface area contributed by atoms with Crippen LogP contribution in [0.5, 0.6) is 0 Å². The molecule has 80 valence electrons. The van der Waals surface area contributed by atoms with Gasteiger partial charge in [-0.15, -0.1) is 0 Å². The molecular weight excluding hydrogens is 218 g/mol. The topological polar surface area (TPSA) is 78.9 Å². The van der Waals surface area contributed by atoms with Crippen LogP contribution in [0.3, 0.4) is 0 Å². The third kappa shape index (κ3) is 2.70. The van der Waals surface area contributed by atoms with Gasteiger partial charge in [-0.1, -0.05) is 0 Å². The van der Waals surface area contributed by atoms with Gasteiger partial charge in [0, 0.05) is 6.04 Å². The van der Waals surface area contributed by atoms with Crippen molar-refractivity contribution in [2.45, 2.75) is 25.8 Å². The maximum Gasteiger partial charge on any atom is 0.305 e. The smallest absolute Gasteiger partial charge is 0.305 e. The first-order valence-corrected chi connectivity index (χ1v) is 4.74. The fourth-order valence-corrected chi connectivity index (χ4v) is 1.72. The monoisotopic (exact) mass is 227 g/mol. The van der Waals surface area contributed by atoms with Crippen molar-refractivity contribution in [1.82, 2.24) is 9.55 Å². The molecule has 0 amide bonds. The van der Waals surface area contributed by atoms with Crippen LogP contribution < -0.4 is 0 Å². The molecule has 0 aliphatic rings. The van der Waals surface area contributed by atoms with Crippen molar-refractivity contribution in [3.8, 4) is 6.07 Å². The van der Waals surface area contributed by atoms with Gasteiger partial charge in [0.25, 0.3) is 0 Å². The highest BCUT2D eigenvalue weighted by molar-refractivity contribution is 6.28. The van der Waals surface area contributed by atoms with E-state index < -0.39 is 5.97 Å². The number of nitriles is 1. The van der Waals surface area contributed by atoms with Gasteiger partial charge in [-0.25, -0.2) is 4.98 Å². The Labute approximate surface area is 91.9 Å². The Morgan fingerprint density at radius 3 is 3.07 bits per heavy atom. The van der Waals surface area contributed by atoms with Gasteiger partial charge in [-0.05, 0) is 18.5 Å². The molecule has 0 saturated heterocycles. The fourth-order valence-electron chi connectivity index (χ4n) is 1.39. The predicted octanol–water partition coefficient (Wildman–Crippen LogP) is 1.64. The van der Waals surface area contributed by atoms with Gasteiger partial charge in [0.1, 0.15) is 0 Å². The molecule has 0 aliphatic carbocycles. The first-order valence-electron chi connectivity index (χ1n) is 4.36. The van der Waals surface area contributed by atoms with Crippen molar-refractivity contribution in [3.63, 3.8) is 0 Å². The minimum Gasteiger partial charge on any atom is -0.481 e. The van der Waals surface area contributed by atoms with Crippen LogP contribution in [0.15, 0.2) is 6.20 Å². The van der Waals surface area contributed by atoms with E-state index in [-0.39, 0.29) is 24.2 Å². The molecule has 15 heavy (non-hydrogen) atoms. The van der Waals surface area contributed by atoms with Crippen LogP contribution in [0.1, 0.15) is 25.1 Å². The number of aromatic nitrogens is 2. The van der Waals surface area contributed by atoms with E-state index in [0.29, 0.717) is 5.69 Å². The molecule has 0 fully saturated rings. The quantitative estimate of drug-likeness (QED) is 0.848. The highest BCUT2D eigenvalue weighted by Crippen LogP contribution is 2.20. The fraction of sp³-hybridized carbons (Fsp3) is 0.444. The molecule has 0 saturated carbocycles. The maximum atomic E-state index is 10.5. The molecule has 1 aromatic heterocycles. The molecular formula is C9H10ClN3O2. The van der Waals surface area contributed by atoms with Crippen LogP contribution in [0, 0.1) is 11.3 Å². The number of rotatable bonds is 4. The molecule has 0 spiro atoms. The lowest BCUT2D eigenvalue weighted by Crippen LogP contribution is -2.13. The van der Waals surface area contributed by atoms with E-state index in [1.165, 1.54) is 6.20 Å². The third-order valence-electron chi connectivity index (χ3n) is 2.00. The van der Waals surface area contributed by atoms with E-state index in [1.807, 2.05) is 6.07 Å². The SMILES string of the molecule is CC(CC(=O)O)n1c(CC#N)cnc1Cl. The third-order valence-corrected chi connectivity index (χ3v) is 2.28. The number of carbonyl (C=O) groups is 1. The summed E-state index contributed by atoms with van der Waals surface area (Å²) in [7, 11) is 0. The van der Waals surface area contributed by atoms with Gasteiger partial charge < -0.3 is 9.67 Å². The largest absolute Gasteiger partial charge is 0.481 e. The zero-order chi connectivity index (χ0) is 11.4. The van der Waals surface area contributed by atoms with Gasteiger partial charge in [-0.3, -0.25) is 4.79 Å². The molecule has 0 aromatic carbocycles. The summed E-state index contributed by atoms with van der Waals surface area (Å²) >= 11 is 5.81. The average molecular weight is 228 g/mol. The van der Waals surface area contributed by atoms with Gasteiger partial charge in [-0.2, -0.15) is 5.26 Å². The van der Waals surface area contributed by atoms with Crippen molar-refractivity contribution in [2.75, 3.05) is 0 Å². The Kier molecular flexibility index (Phi) is 3.69. The molecule has 0 bridgehead atoms. The van der Waals surface area contributed by atoms with E-state index in [9.17, 15) is 4.79 Å². The molecule has 1 rings (SSSR count). The number of hydrogen-bond donors (Lipinski definition) is 1. The maximum absolute atomic E-state index is 10.5. The van der Waals surface area contributed by atoms with Gasteiger partial charge in [0.2, 0.25) is 5.28 Å². The van der Waals surface area contributed by atoms with Crippen molar-refractivity contribution in [3.05, 3.63) is 17.2 Å². The summed E-state index contributed by atoms with van der Waals surface area (Å²) in [4.78, 5) is 14.4. The summed E-state index contributed by atoms with van der Waals surface area (Å²) in [6.07, 6.45) is 1.61. The number of carboxylic acids is 1. The number of carboxylic acid groups (broad SMARTS) is 1. The number of hydrogen-bond acceptors (Lipinski definition) is 3. The Hall–Kier alpha value is -1.54. The van der Waals surface area contributed by atoms with Gasteiger partial charge in [0.15, 0.2) is 0 Å². The highest BCUT2D eigenvalue weighted by atomic mass is 35.5. The van der Waals surface area contributed by atoms with Crippen molar-refractivity contribution < 1.29 is 9.90 Å². The molecule has 5 nitrogen and oxygen atoms in total. The summed E-state index contributed by atoms with van der Waals surface area (Å²) in [5, 5.41) is 17.4. The summed E-state index contributed by atoms with van der Waals surface area (Å²) in [5.41, 5.74) is 0.635. The van der Waals surface area contributed by atoms with E-state index in [4.69, 9.17) is 22.0 Å². The zero-order valence-corrected chi connectivity index (χ0v) is 8.90. The number of nitrogens with zero attached hydrogens (tertiary/aromatic N) is 3. The number of imidazole rings is 1. The second-order valence-electron chi connectivity index (χ2n) is 3.17. The van der Waals surface area contributed by atoms with Crippen LogP contribution in [-0.2, 0) is 11.2 Å². The Morgan fingerprint density at radius 2 is 2.53 bits per heavy atom. The van der Waals surface area contributed by atoms with Crippen molar-refractivity contribution >= 4 is 17.6 Å². The second kappa shape index (κ2) is 4.80. The summed E-state index contributed by atoms with van der Waals surface area (Å²) in [6.45, 7) is 1.72. The summed E-state index contributed by atoms with van der Waals surface area (Å²) < 4.78 is 1.57. The molecule has 1 aromatic rings. The molecule has 1 atom stereocenters. The number of halogens is 1. The lowest BCUT2D eigenvalue weighted by molar-refractivity contribution is -0.137. The Balaban J connectivity index is 2.96. The average Bonchev–Trinajstić information content (AvgIpc) is 2.46. The molecule has 1 heterocycles. The highest BCUT2D eigenvalue weighted by Gasteiger charge is 2.16. The van der Waals surface area contributed by atoms with E-state index in [2.05, 4.69) is 4.98 Å². The molecule has 1 unspecified atom stereocenters. The minimum absolute atomic E-state index is 0.0471. The Morgan fingerprint density at radius 1 is 1.87 bits per heavy atom. The first-order chi connectivity index (χ1) is 7.06.